The van der Waals surface area contributed by atoms with Crippen LogP contribution in [0.1, 0.15) is 55.0 Å². The van der Waals surface area contributed by atoms with E-state index >= 15 is 0 Å². The number of pyridine rings is 1. The summed E-state index contributed by atoms with van der Waals surface area (Å²) in [6.07, 6.45) is 4.96. The van der Waals surface area contributed by atoms with Gasteiger partial charge in [0.25, 0.3) is 0 Å². The number of hydrogen-bond donors (Lipinski definition) is 0. The van der Waals surface area contributed by atoms with Crippen molar-refractivity contribution >= 4 is 0 Å². The maximum atomic E-state index is 5.07. The first kappa shape index (κ1) is 13.4. The molecule has 1 heterocycles. The largest absolute Gasteiger partial charge is 0.252 e. The zero-order chi connectivity index (χ0) is 14.1. The van der Waals surface area contributed by atoms with Crippen molar-refractivity contribution in [2.45, 2.75) is 52.4 Å². The monoisotopic (exact) mass is 265 g/mol. The molecule has 20 heavy (non-hydrogen) atoms. The van der Waals surface area contributed by atoms with E-state index in [0.29, 0.717) is 5.92 Å². The minimum absolute atomic E-state index is 0.518. The lowest BCUT2D eigenvalue weighted by molar-refractivity contribution is 0.659. The van der Waals surface area contributed by atoms with Crippen LogP contribution in [0.5, 0.6) is 0 Å². The molecule has 0 unspecified atom stereocenters. The van der Waals surface area contributed by atoms with Crippen LogP contribution < -0.4 is 0 Å². The Hall–Kier alpha value is -1.63. The van der Waals surface area contributed by atoms with Crippen molar-refractivity contribution in [3.63, 3.8) is 0 Å². The second-order valence-corrected chi connectivity index (χ2v) is 6.15. The lowest BCUT2D eigenvalue weighted by Gasteiger charge is -2.24. The van der Waals surface area contributed by atoms with Crippen molar-refractivity contribution in [3.8, 4) is 11.3 Å². The van der Waals surface area contributed by atoms with Crippen LogP contribution in [0.2, 0.25) is 0 Å². The Labute approximate surface area is 122 Å². The highest BCUT2D eigenvalue weighted by Crippen LogP contribution is 2.35. The molecule has 0 aliphatic heterocycles. The van der Waals surface area contributed by atoms with Gasteiger partial charge in [-0.25, -0.2) is 0 Å². The topological polar surface area (TPSA) is 12.9 Å². The molecule has 0 amide bonds. The fourth-order valence-electron chi connectivity index (χ4n) is 3.47. The molecule has 1 aromatic carbocycles. The maximum Gasteiger partial charge on any atom is 0.0742 e. The summed E-state index contributed by atoms with van der Waals surface area (Å²) in [6, 6.07) is 10.7. The van der Waals surface area contributed by atoms with E-state index in [0.717, 1.165) is 6.42 Å². The molecule has 0 N–H and O–H groups in total. The van der Waals surface area contributed by atoms with E-state index < -0.39 is 0 Å². The van der Waals surface area contributed by atoms with Crippen LogP contribution in [-0.4, -0.2) is 4.98 Å². The van der Waals surface area contributed by atoms with Crippen LogP contribution in [0.25, 0.3) is 11.3 Å². The molecule has 104 valence electrons. The summed E-state index contributed by atoms with van der Waals surface area (Å²) < 4.78 is 0. The van der Waals surface area contributed by atoms with Gasteiger partial charge in [0.05, 0.1) is 5.69 Å². The van der Waals surface area contributed by atoms with Gasteiger partial charge < -0.3 is 0 Å². The van der Waals surface area contributed by atoms with Crippen molar-refractivity contribution in [3.05, 3.63) is 52.7 Å². The standard InChI is InChI=1S/C19H23N/c1-13(2)18-14(3)16-11-7-8-12-17(16)20-19(18)15-9-5-4-6-10-15/h4-6,9-10,13H,7-8,11-12H2,1-3H3. The molecule has 0 radical (unpaired) electrons. The first-order chi connectivity index (χ1) is 9.68. The highest BCUT2D eigenvalue weighted by molar-refractivity contribution is 5.67. The molecule has 0 bridgehead atoms. The number of fused-ring (bicyclic) bond motifs is 1. The molecule has 2 aromatic rings. The summed E-state index contributed by atoms with van der Waals surface area (Å²) in [5.74, 6) is 0.518. The molecule has 0 spiro atoms. The van der Waals surface area contributed by atoms with Crippen molar-refractivity contribution in [1.82, 2.24) is 4.98 Å². The summed E-state index contributed by atoms with van der Waals surface area (Å²) in [4.78, 5) is 5.07. The van der Waals surface area contributed by atoms with E-state index in [2.05, 4.69) is 51.1 Å². The average Bonchev–Trinajstić information content (AvgIpc) is 2.47. The van der Waals surface area contributed by atoms with E-state index in [4.69, 9.17) is 4.98 Å². The number of rotatable bonds is 2. The van der Waals surface area contributed by atoms with Gasteiger partial charge in [0.2, 0.25) is 0 Å². The molecule has 0 saturated heterocycles. The minimum atomic E-state index is 0.518. The molecule has 1 aliphatic carbocycles. The number of aryl methyl sites for hydroxylation is 1. The predicted molar refractivity (Wildman–Crippen MR) is 85.1 cm³/mol. The van der Waals surface area contributed by atoms with Crippen LogP contribution in [0, 0.1) is 6.92 Å². The molecule has 0 saturated carbocycles. The lowest BCUT2D eigenvalue weighted by Crippen LogP contribution is -2.12. The summed E-state index contributed by atoms with van der Waals surface area (Å²) in [5.41, 5.74) is 8.27. The second-order valence-electron chi connectivity index (χ2n) is 6.15. The Bertz CT molecular complexity index is 611. The van der Waals surface area contributed by atoms with Crippen molar-refractivity contribution < 1.29 is 0 Å². The predicted octanol–water partition coefficient (Wildman–Crippen LogP) is 5.06. The quantitative estimate of drug-likeness (QED) is 0.739. The third-order valence-electron chi connectivity index (χ3n) is 4.42. The Balaban J connectivity index is 2.25. The minimum Gasteiger partial charge on any atom is -0.252 e. The number of nitrogens with zero attached hydrogens (tertiary/aromatic N) is 1. The van der Waals surface area contributed by atoms with Crippen LogP contribution in [0.4, 0.5) is 0 Å². The summed E-state index contributed by atoms with van der Waals surface area (Å²) >= 11 is 0. The van der Waals surface area contributed by atoms with Gasteiger partial charge in [-0.05, 0) is 55.2 Å². The zero-order valence-corrected chi connectivity index (χ0v) is 12.7. The molecule has 1 heteroatoms. The van der Waals surface area contributed by atoms with Crippen molar-refractivity contribution in [2.75, 3.05) is 0 Å². The smallest absolute Gasteiger partial charge is 0.0742 e. The normalized spacial score (nSPS) is 14.4. The SMILES string of the molecule is Cc1c2c(nc(-c3ccccc3)c1C(C)C)CCCC2. The van der Waals surface area contributed by atoms with Crippen LogP contribution in [0.15, 0.2) is 30.3 Å². The Morgan fingerprint density at radius 2 is 1.70 bits per heavy atom. The molecule has 0 atom stereocenters. The molecule has 1 aliphatic rings. The van der Waals surface area contributed by atoms with Gasteiger partial charge >= 0.3 is 0 Å². The third kappa shape index (κ3) is 2.26. The number of aromatic nitrogens is 1. The highest BCUT2D eigenvalue weighted by atomic mass is 14.7. The molecular formula is C19H23N. The zero-order valence-electron chi connectivity index (χ0n) is 12.7. The fraction of sp³-hybridized carbons (Fsp3) is 0.421. The Morgan fingerprint density at radius 1 is 1.00 bits per heavy atom. The van der Waals surface area contributed by atoms with Crippen LogP contribution in [0.3, 0.4) is 0 Å². The second kappa shape index (κ2) is 5.40. The van der Waals surface area contributed by atoms with Gasteiger partial charge in [-0.3, -0.25) is 4.98 Å². The van der Waals surface area contributed by atoms with Gasteiger partial charge in [0, 0.05) is 11.3 Å². The molecule has 1 aromatic heterocycles. The van der Waals surface area contributed by atoms with Crippen molar-refractivity contribution in [2.24, 2.45) is 0 Å². The first-order valence-corrected chi connectivity index (χ1v) is 7.76. The van der Waals surface area contributed by atoms with E-state index in [1.807, 2.05) is 0 Å². The van der Waals surface area contributed by atoms with Gasteiger partial charge in [-0.15, -0.1) is 0 Å². The fourth-order valence-corrected chi connectivity index (χ4v) is 3.47. The average molecular weight is 265 g/mol. The van der Waals surface area contributed by atoms with Gasteiger partial charge in [-0.2, -0.15) is 0 Å². The van der Waals surface area contributed by atoms with E-state index in [1.165, 1.54) is 52.9 Å². The summed E-state index contributed by atoms with van der Waals surface area (Å²) in [7, 11) is 0. The number of benzene rings is 1. The Morgan fingerprint density at radius 3 is 2.40 bits per heavy atom. The highest BCUT2D eigenvalue weighted by Gasteiger charge is 2.21. The van der Waals surface area contributed by atoms with Crippen LogP contribution >= 0.6 is 0 Å². The van der Waals surface area contributed by atoms with Gasteiger partial charge in [0.1, 0.15) is 0 Å². The van der Waals surface area contributed by atoms with Crippen molar-refractivity contribution in [1.29, 1.82) is 0 Å². The molecule has 0 fully saturated rings. The van der Waals surface area contributed by atoms with Gasteiger partial charge in [0.15, 0.2) is 0 Å². The Kier molecular flexibility index (Phi) is 3.60. The summed E-state index contributed by atoms with van der Waals surface area (Å²) in [5, 5.41) is 0. The first-order valence-electron chi connectivity index (χ1n) is 7.76. The van der Waals surface area contributed by atoms with Crippen LogP contribution in [-0.2, 0) is 12.8 Å². The maximum absolute atomic E-state index is 5.07. The molecule has 3 rings (SSSR count). The van der Waals surface area contributed by atoms with E-state index in [9.17, 15) is 0 Å². The lowest BCUT2D eigenvalue weighted by atomic mass is 9.85. The number of hydrogen-bond acceptors (Lipinski definition) is 1. The molecular weight excluding hydrogens is 242 g/mol. The molecule has 1 nitrogen and oxygen atoms in total. The van der Waals surface area contributed by atoms with E-state index in [-0.39, 0.29) is 0 Å². The third-order valence-corrected chi connectivity index (χ3v) is 4.42. The van der Waals surface area contributed by atoms with Gasteiger partial charge in [-0.1, -0.05) is 44.2 Å². The van der Waals surface area contributed by atoms with E-state index in [1.54, 1.807) is 0 Å². The summed E-state index contributed by atoms with van der Waals surface area (Å²) in [6.45, 7) is 6.87.